The lowest BCUT2D eigenvalue weighted by Gasteiger charge is -2.06. The van der Waals surface area contributed by atoms with Crippen LogP contribution in [0.4, 0.5) is 0 Å². The summed E-state index contributed by atoms with van der Waals surface area (Å²) in [5, 5.41) is 17.5. The Morgan fingerprint density at radius 1 is 1.33 bits per heavy atom. The van der Waals surface area contributed by atoms with Crippen LogP contribution in [0.3, 0.4) is 0 Å². The predicted octanol–water partition coefficient (Wildman–Crippen LogP) is 1.84. The first kappa shape index (κ1) is 11.5. The van der Waals surface area contributed by atoms with Crippen LogP contribution in [0.2, 0.25) is 0 Å². The van der Waals surface area contributed by atoms with Crippen molar-refractivity contribution in [1.29, 1.82) is 5.26 Å². The van der Waals surface area contributed by atoms with Gasteiger partial charge < -0.3 is 9.84 Å². The van der Waals surface area contributed by atoms with Gasteiger partial charge >= 0.3 is 5.97 Å². The van der Waals surface area contributed by atoms with Gasteiger partial charge in [-0.05, 0) is 24.3 Å². The van der Waals surface area contributed by atoms with Crippen LogP contribution < -0.4 is 4.74 Å². The minimum atomic E-state index is -1.17. The molecule has 2 rings (SSSR count). The molecule has 88 valence electrons. The number of nitrogens with zero attached hydrogens (tertiary/aromatic N) is 3. The number of carboxylic acid groups (broad SMARTS) is 1. The summed E-state index contributed by atoms with van der Waals surface area (Å²) < 4.78 is 5.36. The largest absolute Gasteiger partial charge is 0.476 e. The average molecular weight is 241 g/mol. The highest BCUT2D eigenvalue weighted by Gasteiger charge is 2.12. The van der Waals surface area contributed by atoms with E-state index in [2.05, 4.69) is 9.97 Å². The van der Waals surface area contributed by atoms with Crippen LogP contribution in [0.1, 0.15) is 16.2 Å². The van der Waals surface area contributed by atoms with Gasteiger partial charge in [0.05, 0.1) is 6.20 Å². The summed E-state index contributed by atoms with van der Waals surface area (Å²) in [6.45, 7) is 0. The molecule has 0 saturated heterocycles. The molecule has 0 saturated carbocycles. The van der Waals surface area contributed by atoms with E-state index >= 15 is 0 Å². The van der Waals surface area contributed by atoms with Crippen LogP contribution in [-0.2, 0) is 0 Å². The van der Waals surface area contributed by atoms with Gasteiger partial charge in [-0.2, -0.15) is 5.26 Å². The van der Waals surface area contributed by atoms with Gasteiger partial charge in [-0.25, -0.2) is 14.8 Å². The molecule has 0 aliphatic rings. The second-order valence-corrected chi connectivity index (χ2v) is 3.25. The van der Waals surface area contributed by atoms with Gasteiger partial charge in [-0.1, -0.05) is 0 Å². The maximum absolute atomic E-state index is 10.9. The molecule has 6 heteroatoms. The van der Waals surface area contributed by atoms with E-state index in [1.54, 1.807) is 6.07 Å². The summed E-state index contributed by atoms with van der Waals surface area (Å²) in [5.41, 5.74) is 0.0776. The molecular weight excluding hydrogens is 234 g/mol. The van der Waals surface area contributed by atoms with Crippen LogP contribution in [-0.4, -0.2) is 21.0 Å². The highest BCUT2D eigenvalue weighted by Crippen LogP contribution is 2.23. The molecule has 0 aliphatic carbocycles. The molecule has 1 N–H and O–H groups in total. The third-order valence-corrected chi connectivity index (χ3v) is 2.05. The van der Waals surface area contributed by atoms with Gasteiger partial charge in [0.2, 0.25) is 0 Å². The standard InChI is InChI=1S/C12H7N3O3/c13-6-8-3-4-9(7-15-8)18-10-2-1-5-14-11(10)12(16)17/h1-5,7H,(H,16,17). The lowest BCUT2D eigenvalue weighted by Crippen LogP contribution is -2.02. The van der Waals surface area contributed by atoms with Gasteiger partial charge in [0.15, 0.2) is 11.4 Å². The molecule has 0 amide bonds. The maximum atomic E-state index is 10.9. The lowest BCUT2D eigenvalue weighted by molar-refractivity contribution is 0.0687. The van der Waals surface area contributed by atoms with Crippen molar-refractivity contribution in [3.63, 3.8) is 0 Å². The Kier molecular flexibility index (Phi) is 3.16. The smallest absolute Gasteiger partial charge is 0.358 e. The highest BCUT2D eigenvalue weighted by atomic mass is 16.5. The fourth-order valence-electron chi connectivity index (χ4n) is 1.27. The zero-order valence-electron chi connectivity index (χ0n) is 9.07. The summed E-state index contributed by atoms with van der Waals surface area (Å²) in [7, 11) is 0. The monoisotopic (exact) mass is 241 g/mol. The normalized spacial score (nSPS) is 9.50. The lowest BCUT2D eigenvalue weighted by atomic mass is 10.3. The second kappa shape index (κ2) is 4.93. The maximum Gasteiger partial charge on any atom is 0.358 e. The summed E-state index contributed by atoms with van der Waals surface area (Å²) in [6, 6.07) is 7.95. The number of rotatable bonds is 3. The van der Waals surface area contributed by atoms with Crippen molar-refractivity contribution in [1.82, 2.24) is 9.97 Å². The molecule has 0 unspecified atom stereocenters. The molecule has 18 heavy (non-hydrogen) atoms. The number of aromatic nitrogens is 2. The highest BCUT2D eigenvalue weighted by molar-refractivity contribution is 5.88. The van der Waals surface area contributed by atoms with Crippen molar-refractivity contribution in [3.05, 3.63) is 48.0 Å². The Bertz CT molecular complexity index is 617. The predicted molar refractivity (Wildman–Crippen MR) is 60.2 cm³/mol. The van der Waals surface area contributed by atoms with Crippen molar-refractivity contribution in [3.8, 4) is 17.6 Å². The van der Waals surface area contributed by atoms with E-state index < -0.39 is 5.97 Å². The Labute approximate surface area is 102 Å². The van der Waals surface area contributed by atoms with Crippen molar-refractivity contribution < 1.29 is 14.6 Å². The first-order chi connectivity index (χ1) is 8.70. The summed E-state index contributed by atoms with van der Waals surface area (Å²) >= 11 is 0. The zero-order valence-corrected chi connectivity index (χ0v) is 9.07. The number of aromatic carboxylic acids is 1. The minimum Gasteiger partial charge on any atom is -0.476 e. The molecule has 2 heterocycles. The Hall–Kier alpha value is -2.94. The van der Waals surface area contributed by atoms with Crippen molar-refractivity contribution in [2.45, 2.75) is 0 Å². The molecule has 0 aromatic carbocycles. The number of carbonyl (C=O) groups is 1. The third-order valence-electron chi connectivity index (χ3n) is 2.05. The van der Waals surface area contributed by atoms with E-state index in [1.807, 2.05) is 6.07 Å². The summed E-state index contributed by atoms with van der Waals surface area (Å²) in [5.74, 6) is -0.715. The molecule has 2 aromatic heterocycles. The molecular formula is C12H7N3O3. The fourth-order valence-corrected chi connectivity index (χ4v) is 1.27. The number of hydrogen-bond donors (Lipinski definition) is 1. The fraction of sp³-hybridized carbons (Fsp3) is 0. The van der Waals surface area contributed by atoms with E-state index in [9.17, 15) is 4.79 Å². The molecule has 0 spiro atoms. The summed E-state index contributed by atoms with van der Waals surface area (Å²) in [4.78, 5) is 18.4. The third kappa shape index (κ3) is 2.41. The van der Waals surface area contributed by atoms with Gasteiger partial charge in [0, 0.05) is 6.20 Å². The number of carboxylic acids is 1. The Morgan fingerprint density at radius 3 is 2.78 bits per heavy atom. The van der Waals surface area contributed by atoms with Crippen LogP contribution >= 0.6 is 0 Å². The van der Waals surface area contributed by atoms with Crippen LogP contribution in [0.25, 0.3) is 0 Å². The van der Waals surface area contributed by atoms with E-state index in [4.69, 9.17) is 15.1 Å². The molecule has 0 aliphatic heterocycles. The van der Waals surface area contributed by atoms with Gasteiger partial charge in [0.1, 0.15) is 17.5 Å². The SMILES string of the molecule is N#Cc1ccc(Oc2cccnc2C(=O)O)cn1. The molecule has 0 bridgehead atoms. The number of ether oxygens (including phenoxy) is 1. The van der Waals surface area contributed by atoms with Gasteiger partial charge in [-0.15, -0.1) is 0 Å². The topological polar surface area (TPSA) is 96.1 Å². The van der Waals surface area contributed by atoms with E-state index in [-0.39, 0.29) is 17.1 Å². The van der Waals surface area contributed by atoms with E-state index in [0.717, 1.165) is 0 Å². The molecule has 0 radical (unpaired) electrons. The first-order valence-corrected chi connectivity index (χ1v) is 4.93. The molecule has 0 atom stereocenters. The zero-order chi connectivity index (χ0) is 13.0. The number of hydrogen-bond acceptors (Lipinski definition) is 5. The molecule has 0 fully saturated rings. The van der Waals surface area contributed by atoms with E-state index in [1.165, 1.54) is 30.6 Å². The van der Waals surface area contributed by atoms with Crippen molar-refractivity contribution in [2.75, 3.05) is 0 Å². The quantitative estimate of drug-likeness (QED) is 0.880. The second-order valence-electron chi connectivity index (χ2n) is 3.25. The Balaban J connectivity index is 2.28. The average Bonchev–Trinajstić information content (AvgIpc) is 2.40. The van der Waals surface area contributed by atoms with Gasteiger partial charge in [0.25, 0.3) is 0 Å². The van der Waals surface area contributed by atoms with Crippen LogP contribution in [0.15, 0.2) is 36.7 Å². The van der Waals surface area contributed by atoms with Crippen LogP contribution in [0.5, 0.6) is 11.5 Å². The number of nitriles is 1. The van der Waals surface area contributed by atoms with Gasteiger partial charge in [-0.3, -0.25) is 0 Å². The Morgan fingerprint density at radius 2 is 2.17 bits per heavy atom. The summed E-state index contributed by atoms with van der Waals surface area (Å²) in [6.07, 6.45) is 2.71. The van der Waals surface area contributed by atoms with E-state index in [0.29, 0.717) is 5.75 Å². The molecule has 2 aromatic rings. The first-order valence-electron chi connectivity index (χ1n) is 4.93. The van der Waals surface area contributed by atoms with Crippen molar-refractivity contribution >= 4 is 5.97 Å². The van der Waals surface area contributed by atoms with Crippen molar-refractivity contribution in [2.24, 2.45) is 0 Å². The molecule has 6 nitrogen and oxygen atoms in total. The van der Waals surface area contributed by atoms with Crippen LogP contribution in [0, 0.1) is 11.3 Å². The number of pyridine rings is 2. The minimum absolute atomic E-state index is 0.122.